The van der Waals surface area contributed by atoms with E-state index in [0.29, 0.717) is 16.7 Å². The Kier molecular flexibility index (Phi) is 3.84. The predicted octanol–water partition coefficient (Wildman–Crippen LogP) is 2.53. The largest absolute Gasteiger partial charge is 0.416 e. The normalized spacial score (nSPS) is 15.8. The van der Waals surface area contributed by atoms with E-state index in [1.54, 1.807) is 26.0 Å². The molecule has 2 nitrogen and oxygen atoms in total. The first kappa shape index (κ1) is 14.0. The number of aliphatic hydroxyl groups is 1. The summed E-state index contributed by atoms with van der Waals surface area (Å²) in [6, 6.07) is 2.06. The van der Waals surface area contributed by atoms with Gasteiger partial charge >= 0.3 is 6.18 Å². The standard InChI is InChI=1S/C12H16F3NO/c1-6-4-7(2)9(8(3)5-6)10(16)11(17)12(13,14)15/h4-5,10-11,17H,16H2,1-3H3/t10-,11-/m1/s1. The van der Waals surface area contributed by atoms with E-state index in [2.05, 4.69) is 0 Å². The monoisotopic (exact) mass is 247 g/mol. The molecule has 5 heteroatoms. The lowest BCUT2D eigenvalue weighted by Crippen LogP contribution is -2.39. The number of hydrogen-bond acceptors (Lipinski definition) is 2. The highest BCUT2D eigenvalue weighted by atomic mass is 19.4. The van der Waals surface area contributed by atoms with Gasteiger partial charge in [-0.25, -0.2) is 0 Å². The second-order valence-electron chi connectivity index (χ2n) is 4.32. The Labute approximate surface area is 98.3 Å². The zero-order valence-electron chi connectivity index (χ0n) is 9.97. The van der Waals surface area contributed by atoms with Crippen LogP contribution in [0.1, 0.15) is 28.3 Å². The van der Waals surface area contributed by atoms with E-state index in [-0.39, 0.29) is 0 Å². The molecule has 0 fully saturated rings. The quantitative estimate of drug-likeness (QED) is 0.843. The number of nitrogens with two attached hydrogens (primary N) is 1. The summed E-state index contributed by atoms with van der Waals surface area (Å²) in [6.07, 6.45) is -7.24. The van der Waals surface area contributed by atoms with E-state index in [0.717, 1.165) is 5.56 Å². The maximum atomic E-state index is 12.4. The van der Waals surface area contributed by atoms with Crippen LogP contribution in [0.3, 0.4) is 0 Å². The minimum atomic E-state index is -4.71. The van der Waals surface area contributed by atoms with Gasteiger partial charge < -0.3 is 10.8 Å². The van der Waals surface area contributed by atoms with Crippen molar-refractivity contribution in [3.05, 3.63) is 34.4 Å². The molecule has 0 aliphatic carbocycles. The van der Waals surface area contributed by atoms with Gasteiger partial charge in [-0.05, 0) is 37.5 Å². The van der Waals surface area contributed by atoms with Crippen LogP contribution in [0.4, 0.5) is 13.2 Å². The summed E-state index contributed by atoms with van der Waals surface area (Å²) in [7, 11) is 0. The Morgan fingerprint density at radius 2 is 1.53 bits per heavy atom. The Bertz CT molecular complexity index is 392. The number of hydrogen-bond donors (Lipinski definition) is 2. The molecule has 0 radical (unpaired) electrons. The smallest absolute Gasteiger partial charge is 0.382 e. The highest BCUT2D eigenvalue weighted by Gasteiger charge is 2.43. The van der Waals surface area contributed by atoms with Gasteiger partial charge in [-0.3, -0.25) is 0 Å². The zero-order chi connectivity index (χ0) is 13.4. The molecule has 1 aromatic carbocycles. The molecular formula is C12H16F3NO. The van der Waals surface area contributed by atoms with Crippen molar-refractivity contribution in [3.8, 4) is 0 Å². The fourth-order valence-electron chi connectivity index (χ4n) is 2.08. The van der Waals surface area contributed by atoms with Crippen LogP contribution in [0.25, 0.3) is 0 Å². The fourth-order valence-corrected chi connectivity index (χ4v) is 2.08. The minimum absolute atomic E-state index is 0.362. The molecule has 1 aromatic rings. The molecule has 0 saturated carbocycles. The summed E-state index contributed by atoms with van der Waals surface area (Å²) in [6.45, 7) is 5.24. The van der Waals surface area contributed by atoms with E-state index < -0.39 is 18.3 Å². The molecule has 0 bridgehead atoms. The van der Waals surface area contributed by atoms with Crippen molar-refractivity contribution in [2.45, 2.75) is 39.1 Å². The van der Waals surface area contributed by atoms with Gasteiger partial charge in [0.25, 0.3) is 0 Å². The third-order valence-electron chi connectivity index (χ3n) is 2.75. The van der Waals surface area contributed by atoms with Crippen LogP contribution < -0.4 is 5.73 Å². The van der Waals surface area contributed by atoms with Crippen LogP contribution in [0.15, 0.2) is 12.1 Å². The van der Waals surface area contributed by atoms with E-state index in [1.165, 1.54) is 0 Å². The van der Waals surface area contributed by atoms with Crippen molar-refractivity contribution in [3.63, 3.8) is 0 Å². The molecule has 0 aliphatic rings. The average Bonchev–Trinajstić information content (AvgIpc) is 2.13. The first-order chi connectivity index (χ1) is 7.64. The number of benzene rings is 1. The molecule has 0 saturated heterocycles. The van der Waals surface area contributed by atoms with Gasteiger partial charge in [0, 0.05) is 0 Å². The molecule has 2 atom stereocenters. The molecule has 1 rings (SSSR count). The molecule has 0 aliphatic heterocycles. The zero-order valence-corrected chi connectivity index (χ0v) is 9.97. The lowest BCUT2D eigenvalue weighted by atomic mass is 9.91. The maximum Gasteiger partial charge on any atom is 0.416 e. The van der Waals surface area contributed by atoms with Crippen molar-refractivity contribution < 1.29 is 18.3 Å². The maximum absolute atomic E-state index is 12.4. The number of aliphatic hydroxyl groups excluding tert-OH is 1. The number of rotatable bonds is 2. The van der Waals surface area contributed by atoms with Crippen LogP contribution in [0, 0.1) is 20.8 Å². The van der Waals surface area contributed by atoms with Gasteiger partial charge in [-0.1, -0.05) is 17.7 Å². The predicted molar refractivity (Wildman–Crippen MR) is 59.6 cm³/mol. The van der Waals surface area contributed by atoms with Crippen LogP contribution in [0.5, 0.6) is 0 Å². The van der Waals surface area contributed by atoms with Gasteiger partial charge in [-0.15, -0.1) is 0 Å². The van der Waals surface area contributed by atoms with Crippen molar-refractivity contribution in [1.29, 1.82) is 0 Å². The van der Waals surface area contributed by atoms with Crippen LogP contribution in [-0.4, -0.2) is 17.4 Å². The Balaban J connectivity index is 3.17. The van der Waals surface area contributed by atoms with Crippen molar-refractivity contribution in [2.24, 2.45) is 5.73 Å². The van der Waals surface area contributed by atoms with Gasteiger partial charge in [0.2, 0.25) is 0 Å². The first-order valence-corrected chi connectivity index (χ1v) is 5.22. The molecule has 0 heterocycles. The van der Waals surface area contributed by atoms with E-state index >= 15 is 0 Å². The van der Waals surface area contributed by atoms with Crippen LogP contribution >= 0.6 is 0 Å². The third-order valence-corrected chi connectivity index (χ3v) is 2.75. The molecule has 96 valence electrons. The van der Waals surface area contributed by atoms with Gasteiger partial charge in [-0.2, -0.15) is 13.2 Å². The summed E-state index contributed by atoms with van der Waals surface area (Å²) in [5.41, 5.74) is 8.15. The van der Waals surface area contributed by atoms with E-state index in [1.807, 2.05) is 6.92 Å². The van der Waals surface area contributed by atoms with Crippen molar-refractivity contribution in [2.75, 3.05) is 0 Å². The highest BCUT2D eigenvalue weighted by Crippen LogP contribution is 2.32. The molecular weight excluding hydrogens is 231 g/mol. The highest BCUT2D eigenvalue weighted by molar-refractivity contribution is 5.40. The van der Waals surface area contributed by atoms with E-state index in [4.69, 9.17) is 5.73 Å². The Morgan fingerprint density at radius 3 is 1.88 bits per heavy atom. The SMILES string of the molecule is Cc1cc(C)c([C@@H](N)[C@@H](O)C(F)(F)F)c(C)c1. The Morgan fingerprint density at radius 1 is 1.12 bits per heavy atom. The van der Waals surface area contributed by atoms with Crippen molar-refractivity contribution >= 4 is 0 Å². The number of alkyl halides is 3. The molecule has 0 spiro atoms. The topological polar surface area (TPSA) is 46.2 Å². The Hall–Kier alpha value is -1.07. The molecule has 0 unspecified atom stereocenters. The van der Waals surface area contributed by atoms with Gasteiger partial charge in [0.1, 0.15) is 0 Å². The number of aryl methyl sites for hydroxylation is 3. The summed E-state index contributed by atoms with van der Waals surface area (Å²) < 4.78 is 37.2. The molecule has 3 N–H and O–H groups in total. The van der Waals surface area contributed by atoms with Crippen LogP contribution in [-0.2, 0) is 0 Å². The molecule has 0 aromatic heterocycles. The number of halogens is 3. The second-order valence-corrected chi connectivity index (χ2v) is 4.32. The second kappa shape index (κ2) is 4.66. The third kappa shape index (κ3) is 2.98. The fraction of sp³-hybridized carbons (Fsp3) is 0.500. The lowest BCUT2D eigenvalue weighted by molar-refractivity contribution is -0.210. The summed E-state index contributed by atoms with van der Waals surface area (Å²) in [4.78, 5) is 0. The summed E-state index contributed by atoms with van der Waals surface area (Å²) in [5.74, 6) is 0. The van der Waals surface area contributed by atoms with Gasteiger partial charge in [0.15, 0.2) is 6.10 Å². The van der Waals surface area contributed by atoms with E-state index in [9.17, 15) is 18.3 Å². The summed E-state index contributed by atoms with van der Waals surface area (Å²) in [5, 5.41) is 9.18. The average molecular weight is 247 g/mol. The van der Waals surface area contributed by atoms with Crippen molar-refractivity contribution in [1.82, 2.24) is 0 Å². The first-order valence-electron chi connectivity index (χ1n) is 5.22. The van der Waals surface area contributed by atoms with Gasteiger partial charge in [0.05, 0.1) is 6.04 Å². The minimum Gasteiger partial charge on any atom is -0.382 e. The lowest BCUT2D eigenvalue weighted by Gasteiger charge is -2.24. The van der Waals surface area contributed by atoms with Crippen LogP contribution in [0.2, 0.25) is 0 Å². The molecule has 17 heavy (non-hydrogen) atoms. The summed E-state index contributed by atoms with van der Waals surface area (Å²) >= 11 is 0. The molecule has 0 amide bonds.